The molecule has 104 valence electrons. The van der Waals surface area contributed by atoms with E-state index in [4.69, 9.17) is 4.74 Å². The second kappa shape index (κ2) is 5.20. The molecule has 0 radical (unpaired) electrons. The molecular formula is C12H12BrN5O2. The van der Waals surface area contributed by atoms with Crippen LogP contribution in [0.3, 0.4) is 0 Å². The van der Waals surface area contributed by atoms with Gasteiger partial charge in [-0.2, -0.15) is 4.98 Å². The number of halogens is 1. The quantitative estimate of drug-likeness (QED) is 0.841. The molecule has 1 N–H and O–H groups in total. The predicted molar refractivity (Wildman–Crippen MR) is 78.3 cm³/mol. The molecule has 2 aliphatic heterocycles. The Morgan fingerprint density at radius 3 is 3.20 bits per heavy atom. The Bertz CT molecular complexity index is 628. The van der Waals surface area contributed by atoms with Crippen molar-refractivity contribution >= 4 is 39.8 Å². The summed E-state index contributed by atoms with van der Waals surface area (Å²) in [5.74, 6) is 1.56. The van der Waals surface area contributed by atoms with E-state index in [9.17, 15) is 4.79 Å². The second-order valence-corrected chi connectivity index (χ2v) is 5.13. The zero-order valence-corrected chi connectivity index (χ0v) is 12.3. The van der Waals surface area contributed by atoms with E-state index in [0.29, 0.717) is 5.82 Å². The highest BCUT2D eigenvalue weighted by Crippen LogP contribution is 2.32. The number of nitrogens with one attached hydrogen (secondary N) is 1. The molecule has 0 spiro atoms. The first-order valence-electron chi connectivity index (χ1n) is 6.15. The van der Waals surface area contributed by atoms with Crippen LogP contribution < -0.4 is 15.0 Å². The van der Waals surface area contributed by atoms with Crippen LogP contribution in [0.25, 0.3) is 6.08 Å². The van der Waals surface area contributed by atoms with Crippen molar-refractivity contribution in [2.45, 2.75) is 6.42 Å². The first kappa shape index (κ1) is 13.0. The number of nitrogens with zero attached hydrogens (tertiary/aromatic N) is 4. The highest BCUT2D eigenvalue weighted by atomic mass is 79.9. The van der Waals surface area contributed by atoms with Crippen LogP contribution in [0.15, 0.2) is 15.7 Å². The molecule has 1 aromatic heterocycles. The molecule has 3 rings (SSSR count). The molecule has 2 aliphatic rings. The van der Waals surface area contributed by atoms with Crippen molar-refractivity contribution in [3.63, 3.8) is 0 Å². The number of carbonyl (C=O) groups is 1. The van der Waals surface area contributed by atoms with Gasteiger partial charge in [0, 0.05) is 31.9 Å². The van der Waals surface area contributed by atoms with Crippen LogP contribution in [0.5, 0.6) is 6.01 Å². The van der Waals surface area contributed by atoms with Gasteiger partial charge in [-0.3, -0.25) is 4.99 Å². The zero-order valence-electron chi connectivity index (χ0n) is 10.8. The fourth-order valence-electron chi connectivity index (χ4n) is 2.08. The third kappa shape index (κ3) is 2.26. The molecule has 20 heavy (non-hydrogen) atoms. The largest absolute Gasteiger partial charge is 0.414 e. The molecule has 7 nitrogen and oxygen atoms in total. The lowest BCUT2D eigenvalue weighted by Crippen LogP contribution is -2.38. The summed E-state index contributed by atoms with van der Waals surface area (Å²) in [5, 5.41) is 2.36. The van der Waals surface area contributed by atoms with Crippen molar-refractivity contribution in [1.29, 1.82) is 0 Å². The minimum atomic E-state index is -0.593. The number of fused-ring (bicyclic) bond motifs is 3. The minimum absolute atomic E-state index is 0.0273. The van der Waals surface area contributed by atoms with Gasteiger partial charge in [0.25, 0.3) is 0 Å². The number of rotatable bonds is 1. The summed E-state index contributed by atoms with van der Waals surface area (Å²) < 4.78 is 5.88. The maximum atomic E-state index is 11.2. The van der Waals surface area contributed by atoms with Crippen LogP contribution in [-0.2, 0) is 0 Å². The molecule has 0 unspecified atom stereocenters. The van der Waals surface area contributed by atoms with Crippen molar-refractivity contribution in [2.24, 2.45) is 4.99 Å². The Labute approximate surface area is 123 Å². The summed E-state index contributed by atoms with van der Waals surface area (Å²) in [6.07, 6.45) is 3.91. The standard InChI is InChI=1S/C12H12BrN5O2/c1-14-12(19)20-11-16-6-7-5-8(13)10-15-3-2-4-18(10)9(7)17-11/h5-6H,2-4H2,1H3,(H,14,19). The lowest BCUT2D eigenvalue weighted by atomic mass is 10.1. The molecule has 0 aliphatic carbocycles. The molecule has 8 heteroatoms. The van der Waals surface area contributed by atoms with Crippen molar-refractivity contribution in [3.05, 3.63) is 16.2 Å². The zero-order chi connectivity index (χ0) is 14.1. The van der Waals surface area contributed by atoms with E-state index in [2.05, 4.69) is 36.2 Å². The Hall–Kier alpha value is -1.96. The number of aromatic nitrogens is 2. The molecule has 0 atom stereocenters. The van der Waals surface area contributed by atoms with E-state index in [1.54, 1.807) is 6.20 Å². The smallest absolute Gasteiger partial charge is 0.374 e. The summed E-state index contributed by atoms with van der Waals surface area (Å²) in [5.41, 5.74) is 0.863. The highest BCUT2D eigenvalue weighted by Gasteiger charge is 2.27. The summed E-state index contributed by atoms with van der Waals surface area (Å²) in [6, 6.07) is 0.0273. The van der Waals surface area contributed by atoms with Gasteiger partial charge in [0.2, 0.25) is 0 Å². The average Bonchev–Trinajstić information content (AvgIpc) is 2.48. The van der Waals surface area contributed by atoms with Crippen molar-refractivity contribution in [1.82, 2.24) is 15.3 Å². The summed E-state index contributed by atoms with van der Waals surface area (Å²) in [4.78, 5) is 26.0. The Balaban J connectivity index is 2.00. The fourth-order valence-corrected chi connectivity index (χ4v) is 2.67. The number of hydrogen-bond donors (Lipinski definition) is 1. The first-order valence-corrected chi connectivity index (χ1v) is 6.94. The summed E-state index contributed by atoms with van der Waals surface area (Å²) in [7, 11) is 1.48. The molecule has 0 bridgehead atoms. The molecule has 0 fully saturated rings. The first-order chi connectivity index (χ1) is 9.69. The van der Waals surface area contributed by atoms with E-state index in [1.807, 2.05) is 11.0 Å². The minimum Gasteiger partial charge on any atom is -0.374 e. The van der Waals surface area contributed by atoms with Gasteiger partial charge in [-0.1, -0.05) is 0 Å². The molecule has 0 aromatic carbocycles. The molecule has 0 saturated heterocycles. The van der Waals surface area contributed by atoms with E-state index in [0.717, 1.165) is 35.4 Å². The maximum absolute atomic E-state index is 11.2. The van der Waals surface area contributed by atoms with Crippen LogP contribution in [0, 0.1) is 0 Å². The van der Waals surface area contributed by atoms with E-state index < -0.39 is 6.09 Å². The van der Waals surface area contributed by atoms with Crippen LogP contribution >= 0.6 is 15.9 Å². The highest BCUT2D eigenvalue weighted by molar-refractivity contribution is 9.12. The SMILES string of the molecule is CNC(=O)Oc1ncc2c(n1)N1CCCN=C1C(Br)=C2. The van der Waals surface area contributed by atoms with Gasteiger partial charge >= 0.3 is 12.1 Å². The number of hydrogen-bond acceptors (Lipinski definition) is 6. The van der Waals surface area contributed by atoms with Crippen molar-refractivity contribution < 1.29 is 9.53 Å². The Morgan fingerprint density at radius 2 is 2.40 bits per heavy atom. The van der Waals surface area contributed by atoms with Gasteiger partial charge in [0.05, 0.1) is 4.48 Å². The Kier molecular flexibility index (Phi) is 3.39. The van der Waals surface area contributed by atoms with Gasteiger partial charge in [-0.05, 0) is 28.4 Å². The van der Waals surface area contributed by atoms with Gasteiger partial charge < -0.3 is 15.0 Å². The molecule has 1 aromatic rings. The van der Waals surface area contributed by atoms with Gasteiger partial charge in [0.15, 0.2) is 0 Å². The van der Waals surface area contributed by atoms with E-state index in [-0.39, 0.29) is 6.01 Å². The lowest BCUT2D eigenvalue weighted by Gasteiger charge is -2.32. The number of anilines is 1. The third-order valence-electron chi connectivity index (χ3n) is 2.97. The predicted octanol–water partition coefficient (Wildman–Crippen LogP) is 1.55. The van der Waals surface area contributed by atoms with Crippen LogP contribution in [-0.4, -0.2) is 42.0 Å². The maximum Gasteiger partial charge on any atom is 0.414 e. The Morgan fingerprint density at radius 1 is 1.55 bits per heavy atom. The molecule has 1 amide bonds. The number of amidine groups is 1. The van der Waals surface area contributed by atoms with E-state index in [1.165, 1.54) is 7.05 Å². The average molecular weight is 338 g/mol. The van der Waals surface area contributed by atoms with Gasteiger partial charge in [0.1, 0.15) is 11.7 Å². The fraction of sp³-hybridized carbons (Fsp3) is 0.333. The monoisotopic (exact) mass is 337 g/mol. The molecular weight excluding hydrogens is 326 g/mol. The van der Waals surface area contributed by atoms with Gasteiger partial charge in [-0.15, -0.1) is 0 Å². The number of ether oxygens (including phenoxy) is 1. The van der Waals surface area contributed by atoms with Crippen LogP contribution in [0.4, 0.5) is 10.6 Å². The van der Waals surface area contributed by atoms with Crippen molar-refractivity contribution in [3.8, 4) is 6.01 Å². The van der Waals surface area contributed by atoms with Crippen LogP contribution in [0.2, 0.25) is 0 Å². The topological polar surface area (TPSA) is 79.7 Å². The van der Waals surface area contributed by atoms with E-state index >= 15 is 0 Å². The normalized spacial score (nSPS) is 16.6. The van der Waals surface area contributed by atoms with Crippen LogP contribution in [0.1, 0.15) is 12.0 Å². The molecule has 0 saturated carbocycles. The number of carbonyl (C=O) groups excluding carboxylic acids is 1. The second-order valence-electron chi connectivity index (χ2n) is 4.27. The van der Waals surface area contributed by atoms with Gasteiger partial charge in [-0.25, -0.2) is 9.78 Å². The summed E-state index contributed by atoms with van der Waals surface area (Å²) >= 11 is 3.51. The number of amides is 1. The summed E-state index contributed by atoms with van der Waals surface area (Å²) in [6.45, 7) is 1.63. The molecule has 3 heterocycles. The lowest BCUT2D eigenvalue weighted by molar-refractivity contribution is 0.199. The third-order valence-corrected chi connectivity index (χ3v) is 3.55. The van der Waals surface area contributed by atoms with Crippen molar-refractivity contribution in [2.75, 3.05) is 25.0 Å². The number of aliphatic imine (C=N–C) groups is 1.